The Morgan fingerprint density at radius 2 is 2.04 bits per heavy atom. The highest BCUT2D eigenvalue weighted by atomic mass is 16.7. The van der Waals surface area contributed by atoms with Gasteiger partial charge in [0.05, 0.1) is 17.9 Å². The van der Waals surface area contributed by atoms with Gasteiger partial charge in [0.1, 0.15) is 12.7 Å². The fraction of sp³-hybridized carbons (Fsp3) is 0.688. The van der Waals surface area contributed by atoms with Crippen LogP contribution in [-0.2, 0) is 28.6 Å². The van der Waals surface area contributed by atoms with Crippen LogP contribution in [0.25, 0.3) is 0 Å². The largest absolute Gasteiger partial charge is 0.465 e. The number of carbonyl (C=O) groups is 3. The molecule has 0 aromatic carbocycles. The molecule has 2 saturated heterocycles. The van der Waals surface area contributed by atoms with Crippen LogP contribution in [0.4, 0.5) is 0 Å². The minimum absolute atomic E-state index is 0.0570. The lowest BCUT2D eigenvalue weighted by Crippen LogP contribution is -2.63. The summed E-state index contributed by atoms with van der Waals surface area (Å²) in [7, 11) is 1.10. The number of cyclic esters (lactones) is 1. The van der Waals surface area contributed by atoms with E-state index in [1.807, 2.05) is 0 Å². The summed E-state index contributed by atoms with van der Waals surface area (Å²) in [5.41, 5.74) is -4.43. The van der Waals surface area contributed by atoms with Crippen molar-refractivity contribution in [1.82, 2.24) is 0 Å². The number of hydrogen-bond donors (Lipinski definition) is 2. The van der Waals surface area contributed by atoms with Gasteiger partial charge in [0.15, 0.2) is 5.78 Å². The molecule has 24 heavy (non-hydrogen) atoms. The third kappa shape index (κ3) is 1.22. The van der Waals surface area contributed by atoms with Crippen molar-refractivity contribution < 1.29 is 38.8 Å². The lowest BCUT2D eigenvalue weighted by molar-refractivity contribution is -0.253. The third-order valence-electron chi connectivity index (χ3n) is 6.52. The van der Waals surface area contributed by atoms with E-state index in [1.54, 1.807) is 13.8 Å². The molecule has 2 heterocycles. The van der Waals surface area contributed by atoms with Crippen LogP contribution in [-0.4, -0.2) is 59.1 Å². The van der Waals surface area contributed by atoms with Gasteiger partial charge in [-0.25, -0.2) is 9.59 Å². The van der Waals surface area contributed by atoms with Crippen molar-refractivity contribution >= 4 is 17.7 Å². The maximum absolute atomic E-state index is 12.4. The van der Waals surface area contributed by atoms with E-state index in [1.165, 1.54) is 6.08 Å². The highest BCUT2D eigenvalue weighted by Gasteiger charge is 2.84. The molecule has 8 nitrogen and oxygen atoms in total. The standard InChI is InChI=1S/C16H18O8/c1-7-8(17)4-9-13(2)6-23-11(18)15(13,20)10-5-14(7,9)16(21,24-10)12(19)22-3/h4,7,10,20-21H,5-6H2,1-3H3/t7-,10+,13-,14?,15+,16?/m0/s1. The van der Waals surface area contributed by atoms with Crippen molar-refractivity contribution in [2.45, 2.75) is 37.8 Å². The molecule has 1 spiro atoms. The quantitative estimate of drug-likeness (QED) is 0.589. The first-order valence-electron chi connectivity index (χ1n) is 7.74. The van der Waals surface area contributed by atoms with Crippen molar-refractivity contribution in [2.75, 3.05) is 13.7 Å². The van der Waals surface area contributed by atoms with Crippen molar-refractivity contribution in [2.24, 2.45) is 16.7 Å². The first-order chi connectivity index (χ1) is 11.1. The first kappa shape index (κ1) is 15.7. The summed E-state index contributed by atoms with van der Waals surface area (Å²) >= 11 is 0. The third-order valence-corrected chi connectivity index (χ3v) is 6.52. The molecule has 2 aliphatic carbocycles. The molecule has 2 bridgehead atoms. The van der Waals surface area contributed by atoms with Crippen molar-refractivity contribution in [3.63, 3.8) is 0 Å². The molecular weight excluding hydrogens is 320 g/mol. The van der Waals surface area contributed by atoms with Gasteiger partial charge in [-0.1, -0.05) is 6.92 Å². The van der Waals surface area contributed by atoms with E-state index in [9.17, 15) is 24.6 Å². The van der Waals surface area contributed by atoms with Gasteiger partial charge in [0.2, 0.25) is 5.60 Å². The molecule has 0 amide bonds. The molecule has 2 unspecified atom stereocenters. The minimum Gasteiger partial charge on any atom is -0.465 e. The van der Waals surface area contributed by atoms with Gasteiger partial charge in [-0.05, 0) is 25.0 Å². The zero-order valence-corrected chi connectivity index (χ0v) is 13.5. The smallest absolute Gasteiger partial charge is 0.367 e. The zero-order chi connectivity index (χ0) is 17.7. The van der Waals surface area contributed by atoms with Gasteiger partial charge in [-0.3, -0.25) is 4.79 Å². The van der Waals surface area contributed by atoms with E-state index in [2.05, 4.69) is 0 Å². The van der Waals surface area contributed by atoms with E-state index in [4.69, 9.17) is 14.2 Å². The number of ketones is 1. The second-order valence-electron chi connectivity index (χ2n) is 7.27. The number of aliphatic hydroxyl groups is 2. The Kier molecular flexibility index (Phi) is 2.67. The SMILES string of the molecule is COC(=O)C1(O)O[C@@H]2CC13C(=CC(=O)[C@@H]3C)[C@]1(C)COC(=O)[C@]21O. The first-order valence-corrected chi connectivity index (χ1v) is 7.74. The molecule has 3 fully saturated rings. The van der Waals surface area contributed by atoms with Crippen LogP contribution < -0.4 is 0 Å². The van der Waals surface area contributed by atoms with Gasteiger partial charge in [0.25, 0.3) is 5.79 Å². The molecular formula is C16H18O8. The maximum Gasteiger partial charge on any atom is 0.367 e. The molecule has 1 saturated carbocycles. The lowest BCUT2D eigenvalue weighted by Gasteiger charge is -2.49. The van der Waals surface area contributed by atoms with Crippen LogP contribution in [0.1, 0.15) is 20.3 Å². The molecule has 0 aromatic heterocycles. The summed E-state index contributed by atoms with van der Waals surface area (Å²) in [6, 6.07) is 0. The fourth-order valence-electron chi connectivity index (χ4n) is 5.10. The molecule has 2 aliphatic heterocycles. The van der Waals surface area contributed by atoms with E-state index in [-0.39, 0.29) is 18.8 Å². The zero-order valence-electron chi connectivity index (χ0n) is 13.5. The molecule has 2 N–H and O–H groups in total. The van der Waals surface area contributed by atoms with Gasteiger partial charge in [0, 0.05) is 5.92 Å². The summed E-state index contributed by atoms with van der Waals surface area (Å²) < 4.78 is 15.3. The van der Waals surface area contributed by atoms with E-state index in [0.717, 1.165) is 7.11 Å². The maximum atomic E-state index is 12.4. The topological polar surface area (TPSA) is 119 Å². The van der Waals surface area contributed by atoms with Crippen LogP contribution in [0.5, 0.6) is 0 Å². The Bertz CT molecular complexity index is 728. The van der Waals surface area contributed by atoms with Crippen LogP contribution in [0.3, 0.4) is 0 Å². The van der Waals surface area contributed by atoms with Crippen molar-refractivity contribution in [3.05, 3.63) is 11.6 Å². The van der Waals surface area contributed by atoms with E-state index < -0.39 is 46.2 Å². The highest BCUT2D eigenvalue weighted by molar-refractivity contribution is 6.00. The van der Waals surface area contributed by atoms with Crippen molar-refractivity contribution in [1.29, 1.82) is 0 Å². The molecule has 8 heteroatoms. The number of esters is 2. The Balaban J connectivity index is 2.03. The summed E-state index contributed by atoms with van der Waals surface area (Å²) in [4.78, 5) is 37.0. The summed E-state index contributed by atoms with van der Waals surface area (Å²) in [5.74, 6) is -5.46. The number of fused-ring (bicyclic) bond motifs is 4. The van der Waals surface area contributed by atoms with Gasteiger partial charge in [-0.2, -0.15) is 0 Å². The van der Waals surface area contributed by atoms with Crippen LogP contribution in [0, 0.1) is 16.7 Å². The van der Waals surface area contributed by atoms with Gasteiger partial charge >= 0.3 is 11.9 Å². The highest BCUT2D eigenvalue weighted by Crippen LogP contribution is 2.71. The second-order valence-corrected chi connectivity index (χ2v) is 7.27. The monoisotopic (exact) mass is 338 g/mol. The van der Waals surface area contributed by atoms with Gasteiger partial charge < -0.3 is 24.4 Å². The van der Waals surface area contributed by atoms with Crippen LogP contribution in [0.2, 0.25) is 0 Å². The molecule has 130 valence electrons. The number of rotatable bonds is 1. The summed E-state index contributed by atoms with van der Waals surface area (Å²) in [6.07, 6.45) is 0.0571. The van der Waals surface area contributed by atoms with E-state index >= 15 is 0 Å². The number of methoxy groups -OCH3 is 1. The predicted molar refractivity (Wildman–Crippen MR) is 75.2 cm³/mol. The predicted octanol–water partition coefficient (Wildman–Crippen LogP) is -0.924. The summed E-state index contributed by atoms with van der Waals surface area (Å²) in [6.45, 7) is 3.02. The average Bonchev–Trinajstić information content (AvgIpc) is 3.09. The van der Waals surface area contributed by atoms with Crippen molar-refractivity contribution in [3.8, 4) is 0 Å². The van der Waals surface area contributed by atoms with Gasteiger partial charge in [-0.15, -0.1) is 0 Å². The molecule has 0 radical (unpaired) electrons. The molecule has 4 aliphatic rings. The second kappa shape index (κ2) is 4.07. The Labute approximate surface area is 137 Å². The van der Waals surface area contributed by atoms with Crippen LogP contribution in [0.15, 0.2) is 11.6 Å². The minimum atomic E-state index is -2.45. The fourth-order valence-corrected chi connectivity index (χ4v) is 5.10. The molecule has 0 aromatic rings. The lowest BCUT2D eigenvalue weighted by atomic mass is 9.51. The Hall–Kier alpha value is -1.77. The summed E-state index contributed by atoms with van der Waals surface area (Å²) in [5, 5.41) is 22.2. The molecule has 6 atom stereocenters. The number of carbonyl (C=O) groups excluding carboxylic acids is 3. The average molecular weight is 338 g/mol. The Morgan fingerprint density at radius 3 is 2.67 bits per heavy atom. The number of hydrogen-bond acceptors (Lipinski definition) is 8. The van der Waals surface area contributed by atoms with Crippen LogP contribution >= 0.6 is 0 Å². The normalized spacial score (nSPS) is 51.8. The number of allylic oxidation sites excluding steroid dienone is 1. The molecule has 4 rings (SSSR count). The number of ether oxygens (including phenoxy) is 3. The van der Waals surface area contributed by atoms with E-state index in [0.29, 0.717) is 5.57 Å². The Morgan fingerprint density at radius 1 is 1.38 bits per heavy atom.